The first kappa shape index (κ1) is 11.1. The van der Waals surface area contributed by atoms with E-state index < -0.39 is 5.41 Å². The highest BCUT2D eigenvalue weighted by Crippen LogP contribution is 2.25. The molecule has 1 aromatic rings. The maximum Gasteiger partial charge on any atom is 0.230 e. The van der Waals surface area contributed by atoms with E-state index in [0.29, 0.717) is 0 Å². The molecule has 16 heavy (non-hydrogen) atoms. The van der Waals surface area contributed by atoms with Gasteiger partial charge in [0.05, 0.1) is 5.41 Å². The SMILES string of the molecule is CC(C)(C(=O)NC1CC1N)c1ccccc1. The van der Waals surface area contributed by atoms with Gasteiger partial charge in [0, 0.05) is 12.1 Å². The van der Waals surface area contributed by atoms with Crippen molar-refractivity contribution in [3.63, 3.8) is 0 Å². The van der Waals surface area contributed by atoms with Crippen LogP contribution in [-0.4, -0.2) is 18.0 Å². The van der Waals surface area contributed by atoms with E-state index in [0.717, 1.165) is 12.0 Å². The van der Waals surface area contributed by atoms with Crippen molar-refractivity contribution in [3.8, 4) is 0 Å². The minimum Gasteiger partial charge on any atom is -0.351 e. The first-order valence-corrected chi connectivity index (χ1v) is 5.64. The summed E-state index contributed by atoms with van der Waals surface area (Å²) in [6.07, 6.45) is 0.899. The number of benzene rings is 1. The molecule has 3 nitrogen and oxygen atoms in total. The minimum atomic E-state index is -0.496. The van der Waals surface area contributed by atoms with E-state index in [9.17, 15) is 4.79 Å². The summed E-state index contributed by atoms with van der Waals surface area (Å²) in [6.45, 7) is 3.87. The molecule has 0 saturated heterocycles. The summed E-state index contributed by atoms with van der Waals surface area (Å²) in [5.74, 6) is 0.0525. The van der Waals surface area contributed by atoms with Gasteiger partial charge in [-0.2, -0.15) is 0 Å². The highest BCUT2D eigenvalue weighted by Gasteiger charge is 2.39. The average Bonchev–Trinajstić information content (AvgIpc) is 2.95. The molecule has 0 aromatic heterocycles. The largest absolute Gasteiger partial charge is 0.351 e. The van der Waals surface area contributed by atoms with Crippen molar-refractivity contribution >= 4 is 5.91 Å². The number of hydrogen-bond acceptors (Lipinski definition) is 2. The third-order valence-corrected chi connectivity index (χ3v) is 3.22. The molecule has 1 saturated carbocycles. The first-order valence-electron chi connectivity index (χ1n) is 5.64. The van der Waals surface area contributed by atoms with Crippen LogP contribution in [-0.2, 0) is 10.2 Å². The van der Waals surface area contributed by atoms with Gasteiger partial charge in [0.25, 0.3) is 0 Å². The van der Waals surface area contributed by atoms with Crippen LogP contribution in [0.1, 0.15) is 25.8 Å². The van der Waals surface area contributed by atoms with Crippen molar-refractivity contribution in [1.82, 2.24) is 5.32 Å². The number of rotatable bonds is 3. The lowest BCUT2D eigenvalue weighted by Crippen LogP contribution is -2.42. The molecule has 1 fully saturated rings. The molecule has 0 bridgehead atoms. The van der Waals surface area contributed by atoms with Gasteiger partial charge in [0.15, 0.2) is 0 Å². The normalized spacial score (nSPS) is 23.9. The lowest BCUT2D eigenvalue weighted by Gasteiger charge is -2.24. The maximum absolute atomic E-state index is 12.1. The van der Waals surface area contributed by atoms with Gasteiger partial charge in [-0.15, -0.1) is 0 Å². The zero-order chi connectivity index (χ0) is 11.8. The Bertz CT molecular complexity index is 386. The van der Waals surface area contributed by atoms with Gasteiger partial charge >= 0.3 is 0 Å². The average molecular weight is 218 g/mol. The van der Waals surface area contributed by atoms with Crippen LogP contribution in [0.15, 0.2) is 30.3 Å². The van der Waals surface area contributed by atoms with Crippen molar-refractivity contribution in [2.24, 2.45) is 5.73 Å². The number of nitrogens with two attached hydrogens (primary N) is 1. The molecule has 1 amide bonds. The van der Waals surface area contributed by atoms with Crippen LogP contribution in [0.2, 0.25) is 0 Å². The summed E-state index contributed by atoms with van der Waals surface area (Å²) in [4.78, 5) is 12.1. The second kappa shape index (κ2) is 3.91. The van der Waals surface area contributed by atoms with E-state index >= 15 is 0 Å². The monoisotopic (exact) mass is 218 g/mol. The maximum atomic E-state index is 12.1. The molecule has 1 aliphatic rings. The highest BCUT2D eigenvalue weighted by molar-refractivity contribution is 5.87. The number of carbonyl (C=O) groups excluding carboxylic acids is 1. The Morgan fingerprint density at radius 1 is 1.38 bits per heavy atom. The Balaban J connectivity index is 2.09. The van der Waals surface area contributed by atoms with E-state index in [-0.39, 0.29) is 18.0 Å². The van der Waals surface area contributed by atoms with Crippen LogP contribution in [0, 0.1) is 0 Å². The summed E-state index contributed by atoms with van der Waals surface area (Å²) in [5, 5.41) is 2.98. The van der Waals surface area contributed by atoms with Crippen LogP contribution in [0.25, 0.3) is 0 Å². The zero-order valence-corrected chi connectivity index (χ0v) is 9.73. The second-order valence-corrected chi connectivity index (χ2v) is 4.97. The lowest BCUT2D eigenvalue weighted by atomic mass is 9.84. The van der Waals surface area contributed by atoms with Crippen molar-refractivity contribution in [2.45, 2.75) is 37.8 Å². The van der Waals surface area contributed by atoms with Crippen molar-refractivity contribution in [2.75, 3.05) is 0 Å². The molecule has 0 aliphatic heterocycles. The fourth-order valence-corrected chi connectivity index (χ4v) is 1.72. The van der Waals surface area contributed by atoms with Gasteiger partial charge in [0.1, 0.15) is 0 Å². The minimum absolute atomic E-state index is 0.0525. The predicted octanol–water partition coefficient (Wildman–Crippen LogP) is 1.18. The predicted molar refractivity (Wildman–Crippen MR) is 64.0 cm³/mol. The molecule has 2 rings (SSSR count). The van der Waals surface area contributed by atoms with Gasteiger partial charge in [-0.1, -0.05) is 30.3 Å². The molecule has 0 radical (unpaired) electrons. The summed E-state index contributed by atoms with van der Waals surface area (Å²) in [6, 6.07) is 10.1. The van der Waals surface area contributed by atoms with Crippen LogP contribution >= 0.6 is 0 Å². The number of hydrogen-bond donors (Lipinski definition) is 2. The third-order valence-electron chi connectivity index (χ3n) is 3.22. The van der Waals surface area contributed by atoms with Crippen LogP contribution in [0.3, 0.4) is 0 Å². The summed E-state index contributed by atoms with van der Waals surface area (Å²) in [5.41, 5.74) is 6.21. The lowest BCUT2D eigenvalue weighted by molar-refractivity contribution is -0.125. The Labute approximate surface area is 96.0 Å². The highest BCUT2D eigenvalue weighted by atomic mass is 16.2. The standard InChI is InChI=1S/C13H18N2O/c1-13(2,9-6-4-3-5-7-9)12(16)15-11-8-10(11)14/h3-7,10-11H,8,14H2,1-2H3,(H,15,16). The Morgan fingerprint density at radius 2 is 1.94 bits per heavy atom. The third kappa shape index (κ3) is 2.09. The summed E-state index contributed by atoms with van der Waals surface area (Å²) >= 11 is 0. The van der Waals surface area contributed by atoms with Crippen molar-refractivity contribution in [3.05, 3.63) is 35.9 Å². The Hall–Kier alpha value is -1.35. The van der Waals surface area contributed by atoms with E-state index in [1.807, 2.05) is 44.2 Å². The molecule has 2 atom stereocenters. The van der Waals surface area contributed by atoms with Crippen LogP contribution in [0.4, 0.5) is 0 Å². The molecule has 86 valence electrons. The molecule has 3 heteroatoms. The van der Waals surface area contributed by atoms with Gasteiger partial charge in [-0.25, -0.2) is 0 Å². The molecular weight excluding hydrogens is 200 g/mol. The zero-order valence-electron chi connectivity index (χ0n) is 9.73. The van der Waals surface area contributed by atoms with Crippen LogP contribution < -0.4 is 11.1 Å². The van der Waals surface area contributed by atoms with Gasteiger partial charge < -0.3 is 11.1 Å². The number of carbonyl (C=O) groups is 1. The molecule has 1 aliphatic carbocycles. The quantitative estimate of drug-likeness (QED) is 0.800. The Morgan fingerprint density at radius 3 is 2.44 bits per heavy atom. The number of nitrogens with one attached hydrogen (secondary N) is 1. The molecule has 0 spiro atoms. The molecule has 2 unspecified atom stereocenters. The van der Waals surface area contributed by atoms with E-state index in [4.69, 9.17) is 5.73 Å². The van der Waals surface area contributed by atoms with Gasteiger partial charge in [-0.3, -0.25) is 4.79 Å². The van der Waals surface area contributed by atoms with Gasteiger partial charge in [-0.05, 0) is 25.8 Å². The van der Waals surface area contributed by atoms with E-state index in [1.165, 1.54) is 0 Å². The molecule has 3 N–H and O–H groups in total. The first-order chi connectivity index (χ1) is 7.51. The topological polar surface area (TPSA) is 55.1 Å². The van der Waals surface area contributed by atoms with E-state index in [1.54, 1.807) is 0 Å². The fourth-order valence-electron chi connectivity index (χ4n) is 1.72. The molecule has 0 heterocycles. The van der Waals surface area contributed by atoms with Crippen molar-refractivity contribution < 1.29 is 4.79 Å². The second-order valence-electron chi connectivity index (χ2n) is 4.97. The number of amides is 1. The summed E-state index contributed by atoms with van der Waals surface area (Å²) < 4.78 is 0. The summed E-state index contributed by atoms with van der Waals surface area (Å²) in [7, 11) is 0. The molecular formula is C13H18N2O. The van der Waals surface area contributed by atoms with Crippen LogP contribution in [0.5, 0.6) is 0 Å². The van der Waals surface area contributed by atoms with Crippen molar-refractivity contribution in [1.29, 1.82) is 0 Å². The Kier molecular flexibility index (Phi) is 2.72. The van der Waals surface area contributed by atoms with Gasteiger partial charge in [0.2, 0.25) is 5.91 Å². The molecule has 1 aromatic carbocycles. The fraction of sp³-hybridized carbons (Fsp3) is 0.462. The smallest absolute Gasteiger partial charge is 0.230 e. The van der Waals surface area contributed by atoms with E-state index in [2.05, 4.69) is 5.32 Å².